The van der Waals surface area contributed by atoms with Crippen molar-refractivity contribution < 1.29 is 23.1 Å². The lowest BCUT2D eigenvalue weighted by atomic mass is 10.1. The van der Waals surface area contributed by atoms with Gasteiger partial charge in [0.2, 0.25) is 0 Å². The molecule has 2 N–H and O–H groups in total. The number of amides is 1. The zero-order valence-corrected chi connectivity index (χ0v) is 13.5. The first-order valence-corrected chi connectivity index (χ1v) is 7.26. The van der Waals surface area contributed by atoms with Crippen molar-refractivity contribution in [1.29, 1.82) is 5.26 Å². The van der Waals surface area contributed by atoms with Gasteiger partial charge in [-0.15, -0.1) is 0 Å². The molecule has 0 aromatic heterocycles. The van der Waals surface area contributed by atoms with Crippen molar-refractivity contribution in [1.82, 2.24) is 0 Å². The molecule has 0 bridgehead atoms. The van der Waals surface area contributed by atoms with E-state index < -0.39 is 23.5 Å². The van der Waals surface area contributed by atoms with Gasteiger partial charge in [0, 0.05) is 12.3 Å². The Morgan fingerprint density at radius 2 is 1.88 bits per heavy atom. The van der Waals surface area contributed by atoms with Crippen molar-refractivity contribution in [3.63, 3.8) is 0 Å². The lowest BCUT2D eigenvalue weighted by Crippen LogP contribution is -2.17. The van der Waals surface area contributed by atoms with Gasteiger partial charge in [-0.25, -0.2) is 13.6 Å². The lowest BCUT2D eigenvalue weighted by Gasteiger charge is -2.09. The van der Waals surface area contributed by atoms with Crippen LogP contribution in [0.2, 0.25) is 0 Å². The highest BCUT2D eigenvalue weighted by atomic mass is 19.1. The van der Waals surface area contributed by atoms with E-state index in [1.165, 1.54) is 19.2 Å². The summed E-state index contributed by atoms with van der Waals surface area (Å²) in [6.07, 6.45) is 0.979. The number of carbonyl (C=O) groups is 2. The predicted octanol–water partition coefficient (Wildman–Crippen LogP) is 3.21. The van der Waals surface area contributed by atoms with E-state index in [0.717, 1.165) is 18.3 Å². The van der Waals surface area contributed by atoms with Gasteiger partial charge in [0.05, 0.1) is 24.0 Å². The minimum Gasteiger partial charge on any atom is -0.465 e. The average molecular weight is 357 g/mol. The molecule has 8 heteroatoms. The second-order valence-electron chi connectivity index (χ2n) is 4.93. The van der Waals surface area contributed by atoms with E-state index in [2.05, 4.69) is 15.4 Å². The molecule has 6 nitrogen and oxygen atoms in total. The number of nitriles is 1. The number of benzene rings is 2. The largest absolute Gasteiger partial charge is 0.465 e. The first kappa shape index (κ1) is 18.6. The number of halogens is 2. The molecule has 0 unspecified atom stereocenters. The van der Waals surface area contributed by atoms with Gasteiger partial charge in [-0.1, -0.05) is 12.1 Å². The summed E-state index contributed by atoms with van der Waals surface area (Å²) < 4.78 is 31.1. The van der Waals surface area contributed by atoms with Crippen LogP contribution in [0, 0.1) is 23.0 Å². The molecule has 0 atom stereocenters. The predicted molar refractivity (Wildman–Crippen MR) is 90.1 cm³/mol. The summed E-state index contributed by atoms with van der Waals surface area (Å²) in [5.41, 5.74) is -0.230. The highest BCUT2D eigenvalue weighted by molar-refractivity contribution is 6.09. The molecular weight excluding hydrogens is 344 g/mol. The molecule has 0 spiro atoms. The summed E-state index contributed by atoms with van der Waals surface area (Å²) in [5.74, 6) is -3.11. The quantitative estimate of drug-likeness (QED) is 0.487. The third-order valence-corrected chi connectivity index (χ3v) is 3.25. The number of hydrogen-bond acceptors (Lipinski definition) is 5. The first-order valence-electron chi connectivity index (χ1n) is 7.26. The fourth-order valence-electron chi connectivity index (χ4n) is 1.97. The Balaban J connectivity index is 2.19. The Hall–Kier alpha value is -3.73. The van der Waals surface area contributed by atoms with Crippen LogP contribution in [0.4, 0.5) is 20.2 Å². The van der Waals surface area contributed by atoms with Crippen LogP contribution >= 0.6 is 0 Å². The number of hydrogen-bond donors (Lipinski definition) is 2. The van der Waals surface area contributed by atoms with E-state index in [-0.39, 0.29) is 22.5 Å². The number of methoxy groups -OCH3 is 1. The maximum absolute atomic E-state index is 13.6. The molecule has 132 valence electrons. The number of anilines is 2. The van der Waals surface area contributed by atoms with Crippen molar-refractivity contribution in [2.45, 2.75) is 0 Å². The number of rotatable bonds is 5. The van der Waals surface area contributed by atoms with Gasteiger partial charge in [-0.2, -0.15) is 5.26 Å². The van der Waals surface area contributed by atoms with Crippen LogP contribution in [0.5, 0.6) is 0 Å². The smallest absolute Gasteiger partial charge is 0.339 e. The minimum absolute atomic E-state index is 0.109. The van der Waals surface area contributed by atoms with E-state index in [1.54, 1.807) is 18.2 Å². The van der Waals surface area contributed by atoms with E-state index in [0.29, 0.717) is 6.07 Å². The van der Waals surface area contributed by atoms with Gasteiger partial charge in [0.25, 0.3) is 5.91 Å². The first-order chi connectivity index (χ1) is 12.5. The summed E-state index contributed by atoms with van der Waals surface area (Å²) in [6.45, 7) is 0. The van der Waals surface area contributed by atoms with Gasteiger partial charge in [0.15, 0.2) is 0 Å². The van der Waals surface area contributed by atoms with Crippen LogP contribution in [0.3, 0.4) is 0 Å². The summed E-state index contributed by atoms with van der Waals surface area (Å²) in [6, 6.07) is 10.6. The monoisotopic (exact) mass is 357 g/mol. The topological polar surface area (TPSA) is 91.2 Å². The van der Waals surface area contributed by atoms with Crippen LogP contribution in [0.15, 0.2) is 54.2 Å². The highest BCUT2D eigenvalue weighted by Crippen LogP contribution is 2.18. The summed E-state index contributed by atoms with van der Waals surface area (Å²) in [5, 5.41) is 14.0. The molecule has 1 amide bonds. The third-order valence-electron chi connectivity index (χ3n) is 3.25. The fraction of sp³-hybridized carbons (Fsp3) is 0.0556. The summed E-state index contributed by atoms with van der Waals surface area (Å²) in [4.78, 5) is 23.9. The number of carbonyl (C=O) groups excluding carboxylic acids is 2. The molecule has 0 aliphatic heterocycles. The normalized spacial score (nSPS) is 10.6. The van der Waals surface area contributed by atoms with Gasteiger partial charge >= 0.3 is 5.97 Å². The van der Waals surface area contributed by atoms with Crippen LogP contribution in [-0.2, 0) is 9.53 Å². The fourth-order valence-corrected chi connectivity index (χ4v) is 1.97. The molecule has 0 heterocycles. The maximum atomic E-state index is 13.6. The number of nitrogens with one attached hydrogen (secondary N) is 2. The second-order valence-corrected chi connectivity index (χ2v) is 4.93. The number of ether oxygens (including phenoxy) is 1. The van der Waals surface area contributed by atoms with E-state index in [1.807, 2.05) is 0 Å². The van der Waals surface area contributed by atoms with Crippen LogP contribution in [0.25, 0.3) is 0 Å². The van der Waals surface area contributed by atoms with E-state index >= 15 is 0 Å². The Morgan fingerprint density at radius 1 is 1.15 bits per heavy atom. The standard InChI is InChI=1S/C18H13F2N3O3/c1-26-18(25)13-4-2-3-5-15(13)23-17(24)11(9-21)10-22-16-7-6-12(19)8-14(16)20/h2-8,10,22H,1H3,(H,23,24)/b11-10-. The van der Waals surface area contributed by atoms with Crippen molar-refractivity contribution in [3.8, 4) is 6.07 Å². The van der Waals surface area contributed by atoms with Crippen LogP contribution in [-0.4, -0.2) is 19.0 Å². The number of esters is 1. The molecule has 2 rings (SSSR count). The van der Waals surface area contributed by atoms with Crippen LogP contribution in [0.1, 0.15) is 10.4 Å². The Bertz CT molecular complexity index is 920. The molecule has 0 fully saturated rings. The molecule has 0 saturated heterocycles. The maximum Gasteiger partial charge on any atom is 0.339 e. The minimum atomic E-state index is -0.880. The Kier molecular flexibility index (Phi) is 6.01. The van der Waals surface area contributed by atoms with Gasteiger partial charge in [0.1, 0.15) is 23.3 Å². The van der Waals surface area contributed by atoms with Crippen molar-refractivity contribution in [2.75, 3.05) is 17.7 Å². The Labute approximate surface area is 147 Å². The van der Waals surface area contributed by atoms with Gasteiger partial charge < -0.3 is 15.4 Å². The van der Waals surface area contributed by atoms with Gasteiger partial charge in [-0.3, -0.25) is 4.79 Å². The molecular formula is C18H13F2N3O3. The molecule has 2 aromatic rings. The lowest BCUT2D eigenvalue weighted by molar-refractivity contribution is -0.112. The molecule has 0 saturated carbocycles. The summed E-state index contributed by atoms with van der Waals surface area (Å²) in [7, 11) is 1.20. The highest BCUT2D eigenvalue weighted by Gasteiger charge is 2.16. The van der Waals surface area contributed by atoms with Crippen molar-refractivity contribution in [3.05, 3.63) is 71.4 Å². The Morgan fingerprint density at radius 3 is 2.54 bits per heavy atom. The summed E-state index contributed by atoms with van der Waals surface area (Å²) >= 11 is 0. The zero-order valence-electron chi connectivity index (χ0n) is 13.5. The zero-order chi connectivity index (χ0) is 19.1. The number of nitrogens with zero attached hydrogens (tertiary/aromatic N) is 1. The molecule has 0 aliphatic carbocycles. The second kappa shape index (κ2) is 8.39. The molecule has 2 aromatic carbocycles. The third kappa shape index (κ3) is 4.42. The molecule has 0 radical (unpaired) electrons. The number of para-hydroxylation sites is 1. The average Bonchev–Trinajstić information content (AvgIpc) is 2.63. The van der Waals surface area contributed by atoms with Crippen molar-refractivity contribution in [2.24, 2.45) is 0 Å². The van der Waals surface area contributed by atoms with Crippen LogP contribution < -0.4 is 10.6 Å². The van der Waals surface area contributed by atoms with E-state index in [9.17, 15) is 18.4 Å². The molecule has 0 aliphatic rings. The SMILES string of the molecule is COC(=O)c1ccccc1NC(=O)/C(C#N)=C\Nc1ccc(F)cc1F. The molecule has 26 heavy (non-hydrogen) atoms. The van der Waals surface area contributed by atoms with Crippen molar-refractivity contribution >= 4 is 23.3 Å². The van der Waals surface area contributed by atoms with E-state index in [4.69, 9.17) is 5.26 Å². The van der Waals surface area contributed by atoms with Gasteiger partial charge in [-0.05, 0) is 24.3 Å².